The van der Waals surface area contributed by atoms with Crippen molar-refractivity contribution >= 4 is 16.0 Å². The number of aliphatic carboxylic acids is 1. The largest absolute Gasteiger partial charge is 0.481 e. The number of sulfonamides is 1. The van der Waals surface area contributed by atoms with Gasteiger partial charge in [0.1, 0.15) is 5.82 Å². The smallest absolute Gasteiger partial charge is 0.303 e. The number of hydrogen-bond donors (Lipinski definition) is 3. The predicted molar refractivity (Wildman–Crippen MR) is 167 cm³/mol. The molecule has 7 nitrogen and oxygen atoms in total. The van der Waals surface area contributed by atoms with E-state index in [0.29, 0.717) is 34.6 Å². The van der Waals surface area contributed by atoms with Crippen LogP contribution in [0.2, 0.25) is 0 Å². The topological polar surface area (TPSA) is 107 Å². The molecule has 0 unspecified atom stereocenters. The van der Waals surface area contributed by atoms with Crippen molar-refractivity contribution in [2.75, 3.05) is 20.1 Å². The first-order valence-corrected chi connectivity index (χ1v) is 16.3. The molecule has 0 spiro atoms. The second-order valence-corrected chi connectivity index (χ2v) is 14.3. The van der Waals surface area contributed by atoms with E-state index >= 15 is 0 Å². The van der Waals surface area contributed by atoms with Crippen LogP contribution in [0.15, 0.2) is 65.6 Å². The van der Waals surface area contributed by atoms with Crippen molar-refractivity contribution in [2.45, 2.75) is 75.8 Å². The molecule has 1 aliphatic rings. The first kappa shape index (κ1) is 32.8. The van der Waals surface area contributed by atoms with E-state index in [1.165, 1.54) is 40.7 Å². The van der Waals surface area contributed by atoms with Crippen molar-refractivity contribution in [3.05, 3.63) is 88.7 Å². The summed E-state index contributed by atoms with van der Waals surface area (Å²) < 4.78 is 42.3. The molecule has 232 valence electrons. The molecule has 3 aromatic carbocycles. The maximum atomic E-state index is 14.0. The number of nitrogens with zero attached hydrogens (tertiary/aromatic N) is 1. The molecule has 0 saturated heterocycles. The molecule has 9 heteroatoms. The van der Waals surface area contributed by atoms with Crippen LogP contribution in [0, 0.1) is 11.7 Å². The van der Waals surface area contributed by atoms with Gasteiger partial charge in [-0.05, 0) is 110 Å². The predicted octanol–water partition coefficient (Wildman–Crippen LogP) is 5.23. The Bertz CT molecular complexity index is 1530. The number of aliphatic hydroxyl groups is 1. The average Bonchev–Trinajstić information content (AvgIpc) is 3.36. The van der Waals surface area contributed by atoms with Gasteiger partial charge in [0.25, 0.3) is 0 Å². The number of benzene rings is 3. The lowest BCUT2D eigenvalue weighted by Gasteiger charge is -2.31. The highest BCUT2D eigenvalue weighted by atomic mass is 32.2. The van der Waals surface area contributed by atoms with Gasteiger partial charge in [0, 0.05) is 32.1 Å². The van der Waals surface area contributed by atoms with Crippen molar-refractivity contribution in [2.24, 2.45) is 5.92 Å². The van der Waals surface area contributed by atoms with E-state index in [4.69, 9.17) is 5.11 Å². The van der Waals surface area contributed by atoms with Gasteiger partial charge in [0.15, 0.2) is 0 Å². The summed E-state index contributed by atoms with van der Waals surface area (Å²) in [6.45, 7) is 6.29. The van der Waals surface area contributed by atoms with Crippen LogP contribution in [0.5, 0.6) is 0 Å². The molecule has 4 rings (SSSR count). The Morgan fingerprint density at radius 2 is 1.74 bits per heavy atom. The van der Waals surface area contributed by atoms with Gasteiger partial charge in [-0.3, -0.25) is 4.79 Å². The molecule has 3 aromatic rings. The third-order valence-corrected chi connectivity index (χ3v) is 10.3. The molecule has 0 radical (unpaired) electrons. The first-order valence-electron chi connectivity index (χ1n) is 14.9. The number of carbonyl (C=O) groups is 1. The second kappa shape index (κ2) is 13.7. The molecule has 0 aliphatic heterocycles. The number of aryl methyl sites for hydroxylation is 2. The van der Waals surface area contributed by atoms with Crippen molar-refractivity contribution in [3.63, 3.8) is 0 Å². The summed E-state index contributed by atoms with van der Waals surface area (Å²) >= 11 is 0. The van der Waals surface area contributed by atoms with Crippen LogP contribution >= 0.6 is 0 Å². The number of nitrogens with one attached hydrogen (secondary N) is 1. The highest BCUT2D eigenvalue weighted by Crippen LogP contribution is 2.33. The summed E-state index contributed by atoms with van der Waals surface area (Å²) in [5.41, 5.74) is 5.09. The molecule has 0 heterocycles. The minimum Gasteiger partial charge on any atom is -0.481 e. The number of carboxylic acid groups (broad SMARTS) is 1. The van der Waals surface area contributed by atoms with Gasteiger partial charge in [-0.25, -0.2) is 12.8 Å². The summed E-state index contributed by atoms with van der Waals surface area (Å²) in [6.07, 6.45) is 2.59. The van der Waals surface area contributed by atoms with Crippen LogP contribution in [0.4, 0.5) is 4.39 Å². The number of carboxylic acids is 1. The molecule has 0 saturated carbocycles. The number of halogens is 1. The molecule has 0 fully saturated rings. The van der Waals surface area contributed by atoms with Crippen LogP contribution < -0.4 is 5.32 Å². The molecule has 0 bridgehead atoms. The lowest BCUT2D eigenvalue weighted by Crippen LogP contribution is -2.47. The Morgan fingerprint density at radius 1 is 1.07 bits per heavy atom. The van der Waals surface area contributed by atoms with Crippen molar-refractivity contribution in [3.8, 4) is 11.1 Å². The number of fused-ring (bicyclic) bond motifs is 1. The van der Waals surface area contributed by atoms with Gasteiger partial charge in [-0.2, -0.15) is 4.31 Å². The molecule has 43 heavy (non-hydrogen) atoms. The van der Waals surface area contributed by atoms with Crippen LogP contribution in [0.25, 0.3) is 11.1 Å². The quantitative estimate of drug-likeness (QED) is 0.231. The molecular formula is C34H43FN2O5S. The van der Waals surface area contributed by atoms with Gasteiger partial charge in [-0.1, -0.05) is 43.3 Å². The summed E-state index contributed by atoms with van der Waals surface area (Å²) in [6, 6.07) is 17.7. The average molecular weight is 611 g/mol. The zero-order chi connectivity index (χ0) is 31.4. The third kappa shape index (κ3) is 8.29. The van der Waals surface area contributed by atoms with Crippen molar-refractivity contribution in [1.82, 2.24) is 9.62 Å². The summed E-state index contributed by atoms with van der Waals surface area (Å²) in [5.74, 6) is -0.908. The number of likely N-dealkylation sites (N-methyl/N-ethyl adjacent to an activating group) is 1. The maximum absolute atomic E-state index is 14.0. The summed E-state index contributed by atoms with van der Waals surface area (Å²) in [4.78, 5) is 11.3. The normalized spacial score (nSPS) is 14.7. The monoisotopic (exact) mass is 610 g/mol. The van der Waals surface area contributed by atoms with Crippen molar-refractivity contribution in [1.29, 1.82) is 0 Å². The van der Waals surface area contributed by atoms with Crippen molar-refractivity contribution < 1.29 is 27.8 Å². The molecular weight excluding hydrogens is 567 g/mol. The summed E-state index contributed by atoms with van der Waals surface area (Å²) in [5, 5.41) is 23.4. The number of β-amino-alcohol motifs (C(OH)–C–C–N with tert-alkyl or cyclic N) is 1. The molecule has 0 amide bonds. The van der Waals surface area contributed by atoms with E-state index < -0.39 is 27.9 Å². The van der Waals surface area contributed by atoms with E-state index in [0.717, 1.165) is 19.3 Å². The first-order chi connectivity index (χ1) is 20.3. The fraction of sp³-hybridized carbons (Fsp3) is 0.441. The Morgan fingerprint density at radius 3 is 2.37 bits per heavy atom. The zero-order valence-electron chi connectivity index (χ0n) is 25.4. The Balaban J connectivity index is 1.40. The summed E-state index contributed by atoms with van der Waals surface area (Å²) in [7, 11) is -2.44. The lowest BCUT2D eigenvalue weighted by molar-refractivity contribution is -0.136. The van der Waals surface area contributed by atoms with E-state index in [2.05, 4.69) is 43.4 Å². The highest BCUT2D eigenvalue weighted by molar-refractivity contribution is 7.89. The highest BCUT2D eigenvalue weighted by Gasteiger charge is 2.30. The van der Waals surface area contributed by atoms with Gasteiger partial charge in [-0.15, -0.1) is 0 Å². The molecule has 1 atom stereocenters. The number of aliphatic hydroxyl groups excluding tert-OH is 1. The van der Waals surface area contributed by atoms with Crippen LogP contribution in [-0.2, 0) is 40.5 Å². The fourth-order valence-corrected chi connectivity index (χ4v) is 7.66. The number of rotatable bonds is 14. The fourth-order valence-electron chi connectivity index (χ4n) is 6.18. The van der Waals surface area contributed by atoms with Gasteiger partial charge >= 0.3 is 5.97 Å². The zero-order valence-corrected chi connectivity index (χ0v) is 26.3. The van der Waals surface area contributed by atoms with Gasteiger partial charge in [0.2, 0.25) is 10.0 Å². The maximum Gasteiger partial charge on any atom is 0.303 e. The van der Waals surface area contributed by atoms with Gasteiger partial charge < -0.3 is 15.5 Å². The molecule has 3 N–H and O–H groups in total. The van der Waals surface area contributed by atoms with Crippen LogP contribution in [0.1, 0.15) is 55.9 Å². The van der Waals surface area contributed by atoms with Crippen LogP contribution in [-0.4, -0.2) is 60.7 Å². The van der Waals surface area contributed by atoms with E-state index in [9.17, 15) is 22.7 Å². The Hall–Kier alpha value is -3.11. The molecule has 0 aromatic heterocycles. The van der Waals surface area contributed by atoms with Crippen LogP contribution in [0.3, 0.4) is 0 Å². The lowest BCUT2D eigenvalue weighted by atomic mass is 9.88. The van der Waals surface area contributed by atoms with E-state index in [1.807, 2.05) is 6.92 Å². The third-order valence-electron chi connectivity index (χ3n) is 8.33. The van der Waals surface area contributed by atoms with Gasteiger partial charge in [0.05, 0.1) is 11.0 Å². The van der Waals surface area contributed by atoms with E-state index in [-0.39, 0.29) is 36.4 Å². The Labute approximate surface area is 254 Å². The SMILES string of the molecule is CCc1cc(-c2ccc(F)cc2CCC(=O)O)ccc1S(=O)(=O)N(C)C[C@@H](O)CNC(C)(C)CC1Cc2ccccc2C1. The molecule has 1 aliphatic carbocycles. The minimum atomic E-state index is -3.91. The minimum absolute atomic E-state index is 0.0670. The number of hydrogen-bond acceptors (Lipinski definition) is 5. The Kier molecular flexibility index (Phi) is 10.4. The van der Waals surface area contributed by atoms with E-state index in [1.54, 1.807) is 18.2 Å². The second-order valence-electron chi connectivity index (χ2n) is 12.3. The standard InChI is InChI=1S/C34H43FN2O5S/c1-5-24-18-27(31-13-12-29(35)19-28(31)11-15-33(39)40)10-14-32(24)43(41,42)37(4)22-30(38)21-36-34(2,3)20-23-16-25-8-6-7-9-26(25)17-23/h6-10,12-14,18-19,23,30,36,38H,5,11,15-17,20-22H2,1-4H3,(H,39,40)/t30-/m0/s1.